The second-order valence-electron chi connectivity index (χ2n) is 4.90. The smallest absolute Gasteiger partial charge is 0.275 e. The van der Waals surface area contributed by atoms with Gasteiger partial charge in [-0.3, -0.25) is 4.79 Å². The fourth-order valence-corrected chi connectivity index (χ4v) is 1.97. The third-order valence-corrected chi connectivity index (χ3v) is 3.09. The molecular formula is C16H15N5O2. The number of carbonyl (C=O) groups is 1. The molecule has 7 nitrogen and oxygen atoms in total. The van der Waals surface area contributed by atoms with Crippen LogP contribution in [0.1, 0.15) is 21.8 Å². The summed E-state index contributed by atoms with van der Waals surface area (Å²) in [5.74, 6) is 1.17. The summed E-state index contributed by atoms with van der Waals surface area (Å²) < 4.78 is 4.90. The first-order chi connectivity index (χ1) is 11.2. The lowest BCUT2D eigenvalue weighted by molar-refractivity contribution is 0.102. The second-order valence-corrected chi connectivity index (χ2v) is 4.90. The van der Waals surface area contributed by atoms with E-state index in [1.165, 1.54) is 6.33 Å². The first kappa shape index (κ1) is 14.7. The van der Waals surface area contributed by atoms with Gasteiger partial charge in [0.25, 0.3) is 5.91 Å². The highest BCUT2D eigenvalue weighted by molar-refractivity contribution is 6.02. The third-order valence-electron chi connectivity index (χ3n) is 3.09. The molecule has 0 bridgehead atoms. The highest BCUT2D eigenvalue weighted by Gasteiger charge is 2.11. The van der Waals surface area contributed by atoms with Crippen LogP contribution in [0.15, 0.2) is 53.3 Å². The number of nitrogens with zero attached hydrogens (tertiary/aromatic N) is 3. The monoisotopic (exact) mass is 309 g/mol. The number of amides is 1. The standard InChI is InChI=1S/C16H15N5O2/c1-11-7-15(21-23-11)20-16(22)13-8-14(19-10-18-13)17-9-12-5-3-2-4-6-12/h2-8,10H,9H2,1H3,(H,17,18,19)(H,20,21,22). The molecule has 0 saturated heterocycles. The van der Waals surface area contributed by atoms with Crippen LogP contribution in [0.2, 0.25) is 0 Å². The van der Waals surface area contributed by atoms with Crippen LogP contribution >= 0.6 is 0 Å². The lowest BCUT2D eigenvalue weighted by Gasteiger charge is -2.06. The topological polar surface area (TPSA) is 92.9 Å². The van der Waals surface area contributed by atoms with Gasteiger partial charge in [0.1, 0.15) is 23.6 Å². The maximum atomic E-state index is 12.1. The number of nitrogens with one attached hydrogen (secondary N) is 2. The molecule has 0 fully saturated rings. The van der Waals surface area contributed by atoms with Crippen LogP contribution < -0.4 is 10.6 Å². The van der Waals surface area contributed by atoms with E-state index in [-0.39, 0.29) is 11.6 Å². The van der Waals surface area contributed by atoms with E-state index < -0.39 is 0 Å². The van der Waals surface area contributed by atoms with Gasteiger partial charge in [0, 0.05) is 18.7 Å². The van der Waals surface area contributed by atoms with Gasteiger partial charge in [-0.25, -0.2) is 9.97 Å². The minimum Gasteiger partial charge on any atom is -0.366 e. The van der Waals surface area contributed by atoms with Crippen LogP contribution in [-0.2, 0) is 6.54 Å². The highest BCUT2D eigenvalue weighted by atomic mass is 16.5. The predicted molar refractivity (Wildman–Crippen MR) is 85.0 cm³/mol. The Morgan fingerprint density at radius 2 is 1.96 bits per heavy atom. The summed E-state index contributed by atoms with van der Waals surface area (Å²) in [5.41, 5.74) is 1.37. The van der Waals surface area contributed by atoms with E-state index in [4.69, 9.17) is 4.52 Å². The number of anilines is 2. The number of aromatic nitrogens is 3. The lowest BCUT2D eigenvalue weighted by Crippen LogP contribution is -2.14. The minimum absolute atomic E-state index is 0.246. The fourth-order valence-electron chi connectivity index (χ4n) is 1.97. The summed E-state index contributed by atoms with van der Waals surface area (Å²) in [4.78, 5) is 20.2. The molecule has 0 radical (unpaired) electrons. The molecule has 2 heterocycles. The maximum absolute atomic E-state index is 12.1. The highest BCUT2D eigenvalue weighted by Crippen LogP contribution is 2.11. The van der Waals surface area contributed by atoms with Gasteiger partial charge in [-0.2, -0.15) is 0 Å². The Labute approximate surface area is 132 Å². The van der Waals surface area contributed by atoms with Crippen molar-refractivity contribution in [1.82, 2.24) is 15.1 Å². The van der Waals surface area contributed by atoms with Gasteiger partial charge in [-0.05, 0) is 12.5 Å². The SMILES string of the molecule is Cc1cc(NC(=O)c2cc(NCc3ccccc3)ncn2)no1. The van der Waals surface area contributed by atoms with Crippen LogP contribution in [-0.4, -0.2) is 21.0 Å². The summed E-state index contributed by atoms with van der Waals surface area (Å²) in [6.45, 7) is 2.36. The van der Waals surface area contributed by atoms with Gasteiger partial charge in [0.15, 0.2) is 5.82 Å². The molecule has 0 aliphatic rings. The second kappa shape index (κ2) is 6.69. The summed E-state index contributed by atoms with van der Waals surface area (Å²) in [5, 5.41) is 9.49. The zero-order valence-electron chi connectivity index (χ0n) is 12.5. The van der Waals surface area contributed by atoms with Crippen molar-refractivity contribution >= 4 is 17.5 Å². The number of benzene rings is 1. The first-order valence-corrected chi connectivity index (χ1v) is 7.05. The molecular weight excluding hydrogens is 294 g/mol. The first-order valence-electron chi connectivity index (χ1n) is 7.05. The Kier molecular flexibility index (Phi) is 4.28. The van der Waals surface area contributed by atoms with Crippen molar-refractivity contribution in [1.29, 1.82) is 0 Å². The zero-order chi connectivity index (χ0) is 16.1. The Bertz CT molecular complexity index is 801. The molecule has 0 unspecified atom stereocenters. The molecule has 116 valence electrons. The quantitative estimate of drug-likeness (QED) is 0.752. The van der Waals surface area contributed by atoms with E-state index in [0.29, 0.717) is 23.9 Å². The average Bonchev–Trinajstić information content (AvgIpc) is 2.99. The minimum atomic E-state index is -0.372. The molecule has 0 saturated carbocycles. The van der Waals surface area contributed by atoms with Crippen molar-refractivity contribution in [3.05, 3.63) is 65.8 Å². The van der Waals surface area contributed by atoms with Gasteiger partial charge in [-0.15, -0.1) is 0 Å². The van der Waals surface area contributed by atoms with Crippen LogP contribution in [0.5, 0.6) is 0 Å². The largest absolute Gasteiger partial charge is 0.366 e. The van der Waals surface area contributed by atoms with E-state index in [2.05, 4.69) is 25.8 Å². The van der Waals surface area contributed by atoms with E-state index in [9.17, 15) is 4.79 Å². The van der Waals surface area contributed by atoms with Crippen molar-refractivity contribution in [2.75, 3.05) is 10.6 Å². The number of aryl methyl sites for hydroxylation is 1. The molecule has 3 aromatic rings. The number of carbonyl (C=O) groups excluding carboxylic acids is 1. The van der Waals surface area contributed by atoms with Crippen LogP contribution in [0, 0.1) is 6.92 Å². The third kappa shape index (κ3) is 3.91. The Morgan fingerprint density at radius 3 is 2.70 bits per heavy atom. The Morgan fingerprint density at radius 1 is 1.13 bits per heavy atom. The molecule has 0 aliphatic carbocycles. The van der Waals surface area contributed by atoms with Gasteiger partial charge in [-0.1, -0.05) is 35.5 Å². The Hall–Kier alpha value is -3.22. The summed E-state index contributed by atoms with van der Waals surface area (Å²) in [6.07, 6.45) is 1.34. The molecule has 1 amide bonds. The maximum Gasteiger partial charge on any atom is 0.275 e. The molecule has 1 aromatic carbocycles. The van der Waals surface area contributed by atoms with Crippen molar-refractivity contribution < 1.29 is 9.32 Å². The Balaban J connectivity index is 1.65. The summed E-state index contributed by atoms with van der Waals surface area (Å²) >= 11 is 0. The van der Waals surface area contributed by atoms with Crippen LogP contribution in [0.4, 0.5) is 11.6 Å². The number of hydrogen-bond donors (Lipinski definition) is 2. The van der Waals surface area contributed by atoms with E-state index in [1.54, 1.807) is 19.1 Å². The van der Waals surface area contributed by atoms with E-state index in [0.717, 1.165) is 5.56 Å². The van der Waals surface area contributed by atoms with Crippen molar-refractivity contribution in [2.24, 2.45) is 0 Å². The normalized spacial score (nSPS) is 10.3. The molecule has 7 heteroatoms. The van der Waals surface area contributed by atoms with Crippen molar-refractivity contribution in [2.45, 2.75) is 13.5 Å². The van der Waals surface area contributed by atoms with E-state index >= 15 is 0 Å². The lowest BCUT2D eigenvalue weighted by atomic mass is 10.2. The van der Waals surface area contributed by atoms with Crippen LogP contribution in [0.3, 0.4) is 0 Å². The van der Waals surface area contributed by atoms with Gasteiger partial charge in [0.2, 0.25) is 0 Å². The zero-order valence-corrected chi connectivity index (χ0v) is 12.5. The molecule has 0 aliphatic heterocycles. The number of rotatable bonds is 5. The van der Waals surface area contributed by atoms with Gasteiger partial charge in [0.05, 0.1) is 0 Å². The average molecular weight is 309 g/mol. The van der Waals surface area contributed by atoms with E-state index in [1.807, 2.05) is 30.3 Å². The van der Waals surface area contributed by atoms with Gasteiger partial charge >= 0.3 is 0 Å². The molecule has 0 spiro atoms. The summed E-state index contributed by atoms with van der Waals surface area (Å²) in [7, 11) is 0. The molecule has 2 N–H and O–H groups in total. The van der Waals surface area contributed by atoms with Crippen molar-refractivity contribution in [3.8, 4) is 0 Å². The molecule has 3 rings (SSSR count). The predicted octanol–water partition coefficient (Wildman–Crippen LogP) is 2.64. The fraction of sp³-hybridized carbons (Fsp3) is 0.125. The van der Waals surface area contributed by atoms with Crippen LogP contribution in [0.25, 0.3) is 0 Å². The van der Waals surface area contributed by atoms with Gasteiger partial charge < -0.3 is 15.2 Å². The van der Waals surface area contributed by atoms with Crippen molar-refractivity contribution in [3.63, 3.8) is 0 Å². The number of hydrogen-bond acceptors (Lipinski definition) is 6. The molecule has 0 atom stereocenters. The molecule has 23 heavy (non-hydrogen) atoms. The summed E-state index contributed by atoms with van der Waals surface area (Å²) in [6, 6.07) is 13.1. The molecule has 2 aromatic heterocycles.